The number of hydrogen-bond donors (Lipinski definition) is 1. The lowest BCUT2D eigenvalue weighted by molar-refractivity contribution is 0.272. The summed E-state index contributed by atoms with van der Waals surface area (Å²) in [5.74, 6) is 1.58. The van der Waals surface area contributed by atoms with Crippen molar-refractivity contribution in [2.45, 2.75) is 12.5 Å². The van der Waals surface area contributed by atoms with Crippen LogP contribution in [0.1, 0.15) is 5.56 Å². The first-order valence-corrected chi connectivity index (χ1v) is 7.59. The fourth-order valence-electron chi connectivity index (χ4n) is 2.71. The Labute approximate surface area is 134 Å². The first-order valence-electron chi connectivity index (χ1n) is 7.59. The highest BCUT2D eigenvalue weighted by atomic mass is 16.5. The average molecular weight is 304 g/mol. The maximum Gasteiger partial charge on any atom is 0.223 e. The van der Waals surface area contributed by atoms with E-state index in [2.05, 4.69) is 26.3 Å². The lowest BCUT2D eigenvalue weighted by Gasteiger charge is -2.26. The summed E-state index contributed by atoms with van der Waals surface area (Å²) in [5.41, 5.74) is 3.04. The first-order chi connectivity index (χ1) is 11.4. The Balaban J connectivity index is 1.52. The van der Waals surface area contributed by atoms with Crippen LogP contribution in [0.4, 0.5) is 5.95 Å². The molecule has 0 bridgehead atoms. The van der Waals surface area contributed by atoms with Crippen LogP contribution < -0.4 is 10.1 Å². The third-order valence-corrected chi connectivity index (χ3v) is 3.83. The molecule has 0 fully saturated rings. The maximum atomic E-state index is 5.80. The number of para-hydroxylation sites is 1. The molecule has 2 aromatic heterocycles. The van der Waals surface area contributed by atoms with E-state index in [1.54, 1.807) is 18.6 Å². The van der Waals surface area contributed by atoms with Crippen LogP contribution in [0.5, 0.6) is 5.75 Å². The molecule has 0 aliphatic carbocycles. The second-order valence-electron chi connectivity index (χ2n) is 5.47. The molecule has 0 radical (unpaired) electrons. The van der Waals surface area contributed by atoms with E-state index in [1.807, 2.05) is 36.4 Å². The third-order valence-electron chi connectivity index (χ3n) is 3.83. The molecular formula is C18H16N4O. The number of rotatable bonds is 3. The van der Waals surface area contributed by atoms with Gasteiger partial charge in [0.05, 0.1) is 11.7 Å². The van der Waals surface area contributed by atoms with Gasteiger partial charge in [-0.2, -0.15) is 0 Å². The minimum absolute atomic E-state index is 0.161. The fourth-order valence-corrected chi connectivity index (χ4v) is 2.71. The van der Waals surface area contributed by atoms with Crippen LogP contribution in [0.3, 0.4) is 0 Å². The summed E-state index contributed by atoms with van der Waals surface area (Å²) in [6, 6.07) is 14.1. The van der Waals surface area contributed by atoms with Gasteiger partial charge in [0.25, 0.3) is 0 Å². The molecular weight excluding hydrogens is 288 g/mol. The van der Waals surface area contributed by atoms with Crippen LogP contribution in [0, 0.1) is 0 Å². The van der Waals surface area contributed by atoms with Crippen molar-refractivity contribution in [3.63, 3.8) is 0 Å². The Morgan fingerprint density at radius 1 is 1.04 bits per heavy atom. The molecule has 0 saturated carbocycles. The summed E-state index contributed by atoms with van der Waals surface area (Å²) in [6.45, 7) is 0.609. The van der Waals surface area contributed by atoms with Crippen molar-refractivity contribution >= 4 is 5.95 Å². The Morgan fingerprint density at radius 2 is 2.00 bits per heavy atom. The van der Waals surface area contributed by atoms with Gasteiger partial charge in [-0.3, -0.25) is 4.98 Å². The van der Waals surface area contributed by atoms with E-state index >= 15 is 0 Å². The Hall–Kier alpha value is -2.95. The average Bonchev–Trinajstić information content (AvgIpc) is 2.63. The third kappa shape index (κ3) is 2.99. The number of pyridine rings is 1. The van der Waals surface area contributed by atoms with Gasteiger partial charge in [-0.05, 0) is 36.2 Å². The highest BCUT2D eigenvalue weighted by Crippen LogP contribution is 2.25. The number of benzene rings is 1. The topological polar surface area (TPSA) is 59.9 Å². The number of nitrogens with one attached hydrogen (secondary N) is 1. The molecule has 1 N–H and O–H groups in total. The van der Waals surface area contributed by atoms with E-state index < -0.39 is 0 Å². The molecule has 1 unspecified atom stereocenters. The SMILES string of the molecule is c1cncc(-c2ccnc(NC3COc4ccccc4C3)n2)c1. The quantitative estimate of drug-likeness (QED) is 0.806. The summed E-state index contributed by atoms with van der Waals surface area (Å²) in [5, 5.41) is 3.36. The van der Waals surface area contributed by atoms with Gasteiger partial charge in [-0.1, -0.05) is 18.2 Å². The van der Waals surface area contributed by atoms with Gasteiger partial charge in [0.1, 0.15) is 12.4 Å². The van der Waals surface area contributed by atoms with Crippen LogP contribution in [-0.2, 0) is 6.42 Å². The molecule has 3 aromatic rings. The van der Waals surface area contributed by atoms with E-state index in [1.165, 1.54) is 5.56 Å². The van der Waals surface area contributed by atoms with Gasteiger partial charge < -0.3 is 10.1 Å². The highest BCUT2D eigenvalue weighted by molar-refractivity contribution is 5.58. The first kappa shape index (κ1) is 13.7. The van der Waals surface area contributed by atoms with Gasteiger partial charge in [0.15, 0.2) is 0 Å². The van der Waals surface area contributed by atoms with Crippen LogP contribution in [0.15, 0.2) is 61.1 Å². The summed E-state index contributed by atoms with van der Waals surface area (Å²) < 4.78 is 5.80. The van der Waals surface area contributed by atoms with E-state index in [9.17, 15) is 0 Å². The molecule has 4 rings (SSSR count). The summed E-state index contributed by atoms with van der Waals surface area (Å²) in [7, 11) is 0. The van der Waals surface area contributed by atoms with Crippen molar-refractivity contribution in [2.24, 2.45) is 0 Å². The lowest BCUT2D eigenvalue weighted by atomic mass is 10.0. The largest absolute Gasteiger partial charge is 0.491 e. The van der Waals surface area contributed by atoms with E-state index in [0.717, 1.165) is 23.4 Å². The van der Waals surface area contributed by atoms with Crippen LogP contribution in [0.2, 0.25) is 0 Å². The molecule has 114 valence electrons. The van der Waals surface area contributed by atoms with Crippen LogP contribution in [-0.4, -0.2) is 27.6 Å². The Bertz CT molecular complexity index is 807. The molecule has 0 amide bonds. The van der Waals surface area contributed by atoms with E-state index in [4.69, 9.17) is 4.74 Å². The number of nitrogens with zero attached hydrogens (tertiary/aromatic N) is 3. The second-order valence-corrected chi connectivity index (χ2v) is 5.47. The zero-order chi connectivity index (χ0) is 15.5. The molecule has 5 nitrogen and oxygen atoms in total. The van der Waals surface area contributed by atoms with Crippen molar-refractivity contribution < 1.29 is 4.74 Å². The minimum Gasteiger partial charge on any atom is -0.491 e. The standard InChI is InChI=1S/C18H16N4O/c1-2-6-17-13(4-1)10-15(12-23-17)21-18-20-9-7-16(22-18)14-5-3-8-19-11-14/h1-9,11,15H,10,12H2,(H,20,21,22). The number of fused-ring (bicyclic) bond motifs is 1. The predicted octanol–water partition coefficient (Wildman–Crippen LogP) is 2.95. The van der Waals surface area contributed by atoms with Gasteiger partial charge >= 0.3 is 0 Å². The zero-order valence-electron chi connectivity index (χ0n) is 12.5. The molecule has 1 aliphatic heterocycles. The predicted molar refractivity (Wildman–Crippen MR) is 88.3 cm³/mol. The maximum absolute atomic E-state index is 5.80. The van der Waals surface area contributed by atoms with Crippen molar-refractivity contribution in [1.29, 1.82) is 0 Å². The number of anilines is 1. The molecule has 23 heavy (non-hydrogen) atoms. The Kier molecular flexibility index (Phi) is 3.60. The lowest BCUT2D eigenvalue weighted by Crippen LogP contribution is -2.33. The van der Waals surface area contributed by atoms with Crippen molar-refractivity contribution in [3.05, 3.63) is 66.6 Å². The monoisotopic (exact) mass is 304 g/mol. The Morgan fingerprint density at radius 3 is 2.91 bits per heavy atom. The normalized spacial score (nSPS) is 16.3. The van der Waals surface area contributed by atoms with Crippen molar-refractivity contribution in [2.75, 3.05) is 11.9 Å². The minimum atomic E-state index is 0.161. The molecule has 1 aromatic carbocycles. The van der Waals surface area contributed by atoms with Gasteiger partial charge in [-0.25, -0.2) is 9.97 Å². The molecule has 1 atom stereocenters. The van der Waals surface area contributed by atoms with Gasteiger partial charge in [0.2, 0.25) is 5.95 Å². The molecule has 0 spiro atoms. The van der Waals surface area contributed by atoms with Gasteiger partial charge in [0, 0.05) is 24.2 Å². The summed E-state index contributed by atoms with van der Waals surface area (Å²) in [4.78, 5) is 13.0. The summed E-state index contributed by atoms with van der Waals surface area (Å²) in [6.07, 6.45) is 6.21. The molecule has 0 saturated heterocycles. The van der Waals surface area contributed by atoms with Crippen molar-refractivity contribution in [3.8, 4) is 17.0 Å². The van der Waals surface area contributed by atoms with Crippen LogP contribution >= 0.6 is 0 Å². The number of hydrogen-bond acceptors (Lipinski definition) is 5. The smallest absolute Gasteiger partial charge is 0.223 e. The molecule has 3 heterocycles. The molecule has 5 heteroatoms. The van der Waals surface area contributed by atoms with Crippen LogP contribution in [0.25, 0.3) is 11.3 Å². The fraction of sp³-hybridized carbons (Fsp3) is 0.167. The second kappa shape index (κ2) is 6.04. The molecule has 1 aliphatic rings. The van der Waals surface area contributed by atoms with E-state index in [0.29, 0.717) is 12.6 Å². The summed E-state index contributed by atoms with van der Waals surface area (Å²) >= 11 is 0. The number of aromatic nitrogens is 3. The zero-order valence-corrected chi connectivity index (χ0v) is 12.5. The number of ether oxygens (including phenoxy) is 1. The van der Waals surface area contributed by atoms with Crippen molar-refractivity contribution in [1.82, 2.24) is 15.0 Å². The highest BCUT2D eigenvalue weighted by Gasteiger charge is 2.20. The van der Waals surface area contributed by atoms with E-state index in [-0.39, 0.29) is 6.04 Å². The van der Waals surface area contributed by atoms with Gasteiger partial charge in [-0.15, -0.1) is 0 Å².